The van der Waals surface area contributed by atoms with Crippen molar-refractivity contribution >= 4 is 5.69 Å². The van der Waals surface area contributed by atoms with E-state index in [9.17, 15) is 0 Å². The first-order valence-corrected chi connectivity index (χ1v) is 6.16. The maximum absolute atomic E-state index is 5.77. The van der Waals surface area contributed by atoms with Crippen molar-refractivity contribution in [2.45, 2.75) is 18.9 Å². The molecule has 0 saturated carbocycles. The van der Waals surface area contributed by atoms with Crippen molar-refractivity contribution in [2.24, 2.45) is 0 Å². The summed E-state index contributed by atoms with van der Waals surface area (Å²) in [5.74, 6) is 0.756. The van der Waals surface area contributed by atoms with Crippen LogP contribution in [-0.2, 0) is 4.74 Å². The summed E-state index contributed by atoms with van der Waals surface area (Å²) in [5.41, 5.74) is 6.46. The molecule has 1 saturated heterocycles. The molecule has 1 aliphatic heterocycles. The van der Waals surface area contributed by atoms with Gasteiger partial charge in [-0.15, -0.1) is 0 Å². The highest BCUT2D eigenvalue weighted by Gasteiger charge is 2.14. The smallest absolute Gasteiger partial charge is 0.142 e. The molecule has 1 aromatic carbocycles. The molecule has 1 unspecified atom stereocenters. The minimum atomic E-state index is 0.386. The second-order valence-electron chi connectivity index (χ2n) is 4.23. The minimum absolute atomic E-state index is 0.386. The summed E-state index contributed by atoms with van der Waals surface area (Å²) >= 11 is 0. The van der Waals surface area contributed by atoms with Gasteiger partial charge in [0.25, 0.3) is 0 Å². The molecule has 0 radical (unpaired) electrons. The largest absolute Gasteiger partial charge is 0.490 e. The van der Waals surface area contributed by atoms with Gasteiger partial charge in [0.1, 0.15) is 12.4 Å². The van der Waals surface area contributed by atoms with Crippen LogP contribution >= 0.6 is 0 Å². The average Bonchev–Trinajstić information content (AvgIpc) is 2.84. The second-order valence-corrected chi connectivity index (χ2v) is 4.23. The molecule has 0 amide bonds. The fourth-order valence-corrected chi connectivity index (χ4v) is 1.91. The minimum Gasteiger partial charge on any atom is -0.490 e. The van der Waals surface area contributed by atoms with Crippen molar-refractivity contribution in [2.75, 3.05) is 32.0 Å². The molecular formula is C13H20N2O2. The summed E-state index contributed by atoms with van der Waals surface area (Å²) in [7, 11) is 0. The molecule has 0 aromatic heterocycles. The number of hydrogen-bond acceptors (Lipinski definition) is 4. The van der Waals surface area contributed by atoms with Gasteiger partial charge in [0.2, 0.25) is 0 Å². The Morgan fingerprint density at radius 1 is 1.41 bits per heavy atom. The zero-order valence-corrected chi connectivity index (χ0v) is 10.0. The van der Waals surface area contributed by atoms with E-state index in [-0.39, 0.29) is 0 Å². The molecule has 1 fully saturated rings. The first-order chi connectivity index (χ1) is 8.36. The van der Waals surface area contributed by atoms with Gasteiger partial charge >= 0.3 is 0 Å². The van der Waals surface area contributed by atoms with Gasteiger partial charge in [-0.3, -0.25) is 0 Å². The van der Waals surface area contributed by atoms with Crippen LogP contribution in [0.4, 0.5) is 5.69 Å². The van der Waals surface area contributed by atoms with E-state index < -0.39 is 0 Å². The van der Waals surface area contributed by atoms with Crippen molar-refractivity contribution in [3.8, 4) is 5.75 Å². The first-order valence-electron chi connectivity index (χ1n) is 6.16. The molecule has 0 bridgehead atoms. The summed E-state index contributed by atoms with van der Waals surface area (Å²) in [6.45, 7) is 3.26. The van der Waals surface area contributed by atoms with Gasteiger partial charge < -0.3 is 20.5 Å². The third kappa shape index (κ3) is 3.91. The Bertz CT molecular complexity index is 338. The van der Waals surface area contributed by atoms with Crippen LogP contribution in [-0.4, -0.2) is 32.4 Å². The van der Waals surface area contributed by atoms with Crippen LogP contribution in [0.2, 0.25) is 0 Å². The van der Waals surface area contributed by atoms with E-state index in [1.165, 1.54) is 12.8 Å². The lowest BCUT2D eigenvalue weighted by Crippen LogP contribution is -2.29. The quantitative estimate of drug-likeness (QED) is 0.579. The monoisotopic (exact) mass is 236 g/mol. The van der Waals surface area contributed by atoms with E-state index in [0.29, 0.717) is 18.4 Å². The molecule has 1 atom stereocenters. The van der Waals surface area contributed by atoms with Crippen molar-refractivity contribution in [1.29, 1.82) is 0 Å². The summed E-state index contributed by atoms with van der Waals surface area (Å²) in [6.07, 6.45) is 2.74. The predicted octanol–water partition coefficient (Wildman–Crippen LogP) is 1.42. The summed E-state index contributed by atoms with van der Waals surface area (Å²) in [6, 6.07) is 7.55. The zero-order valence-electron chi connectivity index (χ0n) is 10.0. The van der Waals surface area contributed by atoms with E-state index in [1.54, 1.807) is 0 Å². The van der Waals surface area contributed by atoms with Gasteiger partial charge in [-0.05, 0) is 25.0 Å². The number of anilines is 1. The molecule has 4 heteroatoms. The molecular weight excluding hydrogens is 216 g/mol. The normalized spacial score (nSPS) is 19.4. The maximum atomic E-state index is 5.77. The van der Waals surface area contributed by atoms with Crippen LogP contribution in [0.1, 0.15) is 12.8 Å². The first kappa shape index (κ1) is 12.2. The molecule has 0 spiro atoms. The lowest BCUT2D eigenvalue weighted by molar-refractivity contribution is 0.109. The summed E-state index contributed by atoms with van der Waals surface area (Å²) < 4.78 is 11.1. The number of nitrogen functional groups attached to an aromatic ring is 1. The van der Waals surface area contributed by atoms with Crippen LogP contribution < -0.4 is 15.8 Å². The molecule has 2 rings (SSSR count). The number of ether oxygens (including phenoxy) is 2. The van der Waals surface area contributed by atoms with Gasteiger partial charge in [0.05, 0.1) is 11.8 Å². The molecule has 4 nitrogen and oxygen atoms in total. The van der Waals surface area contributed by atoms with Gasteiger partial charge in [-0.2, -0.15) is 0 Å². The number of rotatable bonds is 6. The molecule has 3 N–H and O–H groups in total. The molecule has 17 heavy (non-hydrogen) atoms. The Labute approximate surface area is 102 Å². The maximum Gasteiger partial charge on any atom is 0.142 e. The number of benzene rings is 1. The Hall–Kier alpha value is -1.26. The van der Waals surface area contributed by atoms with Gasteiger partial charge in [-0.25, -0.2) is 0 Å². The van der Waals surface area contributed by atoms with Crippen LogP contribution in [0.25, 0.3) is 0 Å². The van der Waals surface area contributed by atoms with Crippen molar-refractivity contribution in [3.63, 3.8) is 0 Å². The van der Waals surface area contributed by atoms with E-state index in [2.05, 4.69) is 5.32 Å². The van der Waals surface area contributed by atoms with Crippen molar-refractivity contribution in [3.05, 3.63) is 24.3 Å². The average molecular weight is 236 g/mol. The van der Waals surface area contributed by atoms with E-state index in [0.717, 1.165) is 25.4 Å². The van der Waals surface area contributed by atoms with E-state index in [1.807, 2.05) is 24.3 Å². The highest BCUT2D eigenvalue weighted by atomic mass is 16.5. The Morgan fingerprint density at radius 3 is 3.06 bits per heavy atom. The zero-order chi connectivity index (χ0) is 11.9. The van der Waals surface area contributed by atoms with E-state index >= 15 is 0 Å². The van der Waals surface area contributed by atoms with Crippen molar-refractivity contribution in [1.82, 2.24) is 5.32 Å². The van der Waals surface area contributed by atoms with Crippen LogP contribution in [0.3, 0.4) is 0 Å². The lowest BCUT2D eigenvalue weighted by atomic mass is 10.2. The molecule has 1 aromatic rings. The van der Waals surface area contributed by atoms with Crippen LogP contribution in [0, 0.1) is 0 Å². The lowest BCUT2D eigenvalue weighted by Gasteiger charge is -2.12. The summed E-state index contributed by atoms with van der Waals surface area (Å²) in [4.78, 5) is 0. The number of nitrogens with one attached hydrogen (secondary N) is 1. The van der Waals surface area contributed by atoms with Gasteiger partial charge in [0.15, 0.2) is 0 Å². The third-order valence-electron chi connectivity index (χ3n) is 2.85. The predicted molar refractivity (Wildman–Crippen MR) is 68.2 cm³/mol. The standard InChI is InChI=1S/C13H20N2O2/c14-12-5-1-2-6-13(12)17-9-7-15-10-11-4-3-8-16-11/h1-2,5-6,11,15H,3-4,7-10,14H2. The van der Waals surface area contributed by atoms with Crippen molar-refractivity contribution < 1.29 is 9.47 Å². The highest BCUT2D eigenvalue weighted by Crippen LogP contribution is 2.19. The Kier molecular flexibility index (Phi) is 4.64. The SMILES string of the molecule is Nc1ccccc1OCCNCC1CCCO1. The fourth-order valence-electron chi connectivity index (χ4n) is 1.91. The highest BCUT2D eigenvalue weighted by molar-refractivity contribution is 5.51. The third-order valence-corrected chi connectivity index (χ3v) is 2.85. The summed E-state index contributed by atoms with van der Waals surface area (Å²) in [5, 5.41) is 3.33. The fraction of sp³-hybridized carbons (Fsp3) is 0.538. The number of para-hydroxylation sites is 2. The van der Waals surface area contributed by atoms with E-state index in [4.69, 9.17) is 15.2 Å². The van der Waals surface area contributed by atoms with Crippen LogP contribution in [0.15, 0.2) is 24.3 Å². The Morgan fingerprint density at radius 2 is 2.29 bits per heavy atom. The number of hydrogen-bond donors (Lipinski definition) is 2. The molecule has 1 heterocycles. The second kappa shape index (κ2) is 6.47. The molecule has 94 valence electrons. The van der Waals surface area contributed by atoms with Crippen LogP contribution in [0.5, 0.6) is 5.75 Å². The topological polar surface area (TPSA) is 56.5 Å². The molecule has 1 aliphatic rings. The number of nitrogens with two attached hydrogens (primary N) is 1. The molecule has 0 aliphatic carbocycles. The Balaban J connectivity index is 1.58. The van der Waals surface area contributed by atoms with Gasteiger partial charge in [0, 0.05) is 19.7 Å². The van der Waals surface area contributed by atoms with Gasteiger partial charge in [-0.1, -0.05) is 12.1 Å².